The Labute approximate surface area is 77.0 Å². The molecule has 2 nitrogen and oxygen atoms in total. The van der Waals surface area contributed by atoms with E-state index in [2.05, 4.69) is 52.9 Å². The standard InChI is InChI=1S/C11H11N2/c1-12-7-6-11-10-5-3-2-4-9(10)8-13(11)12/h2-7H,8H2,1H3/q+1. The average Bonchev–Trinajstić information content (AvgIpc) is 2.67. The number of fused-ring (bicyclic) bond motifs is 3. The molecule has 0 amide bonds. The molecule has 0 spiro atoms. The van der Waals surface area contributed by atoms with Crippen LogP contribution in [0.1, 0.15) is 5.56 Å². The molecule has 1 aliphatic rings. The van der Waals surface area contributed by atoms with E-state index in [4.69, 9.17) is 0 Å². The van der Waals surface area contributed by atoms with E-state index in [-0.39, 0.29) is 0 Å². The molecule has 0 atom stereocenters. The summed E-state index contributed by atoms with van der Waals surface area (Å²) in [6, 6.07) is 10.8. The SMILES string of the molecule is C[n+]1ccc2n1Cc1ccccc1-2. The van der Waals surface area contributed by atoms with Crippen LogP contribution in [-0.4, -0.2) is 4.68 Å². The Hall–Kier alpha value is -1.57. The molecule has 0 N–H and O–H groups in total. The Morgan fingerprint density at radius 2 is 2.08 bits per heavy atom. The fraction of sp³-hybridized carbons (Fsp3) is 0.182. The van der Waals surface area contributed by atoms with Gasteiger partial charge in [-0.3, -0.25) is 0 Å². The fourth-order valence-corrected chi connectivity index (χ4v) is 2.01. The van der Waals surface area contributed by atoms with E-state index < -0.39 is 0 Å². The van der Waals surface area contributed by atoms with Crippen LogP contribution in [0.3, 0.4) is 0 Å². The van der Waals surface area contributed by atoms with Crippen molar-refractivity contribution in [2.75, 3.05) is 0 Å². The van der Waals surface area contributed by atoms with Crippen molar-refractivity contribution in [1.29, 1.82) is 0 Å². The third-order valence-electron chi connectivity index (χ3n) is 2.72. The van der Waals surface area contributed by atoms with Crippen LogP contribution in [-0.2, 0) is 13.6 Å². The molecule has 1 aliphatic heterocycles. The maximum Gasteiger partial charge on any atom is 0.196 e. The molecule has 2 aromatic rings. The van der Waals surface area contributed by atoms with Crippen LogP contribution in [0.4, 0.5) is 0 Å². The third-order valence-corrected chi connectivity index (χ3v) is 2.72. The Bertz CT molecular complexity index is 469. The van der Waals surface area contributed by atoms with Gasteiger partial charge in [-0.15, -0.1) is 9.36 Å². The van der Waals surface area contributed by atoms with Gasteiger partial charge >= 0.3 is 0 Å². The lowest BCUT2D eigenvalue weighted by molar-refractivity contribution is -0.751. The molecule has 0 unspecified atom stereocenters. The van der Waals surface area contributed by atoms with E-state index in [0.717, 1.165) is 6.54 Å². The minimum atomic E-state index is 1.01. The summed E-state index contributed by atoms with van der Waals surface area (Å²) in [5, 5.41) is 0. The Morgan fingerprint density at radius 1 is 1.23 bits per heavy atom. The highest BCUT2D eigenvalue weighted by molar-refractivity contribution is 5.66. The first kappa shape index (κ1) is 6.89. The largest absolute Gasteiger partial charge is 0.196 e. The molecule has 1 aromatic heterocycles. The Balaban J connectivity index is 2.32. The third kappa shape index (κ3) is 0.800. The second-order valence-electron chi connectivity index (χ2n) is 3.49. The normalized spacial score (nSPS) is 12.7. The van der Waals surface area contributed by atoms with Crippen molar-refractivity contribution in [3.8, 4) is 11.3 Å². The van der Waals surface area contributed by atoms with E-state index in [9.17, 15) is 0 Å². The van der Waals surface area contributed by atoms with Gasteiger partial charge in [0.25, 0.3) is 0 Å². The molecule has 3 rings (SSSR count). The van der Waals surface area contributed by atoms with Crippen molar-refractivity contribution >= 4 is 0 Å². The monoisotopic (exact) mass is 171 g/mol. The topological polar surface area (TPSA) is 8.81 Å². The van der Waals surface area contributed by atoms with Crippen LogP contribution in [0, 0.1) is 0 Å². The van der Waals surface area contributed by atoms with Crippen molar-refractivity contribution in [3.05, 3.63) is 42.1 Å². The van der Waals surface area contributed by atoms with Crippen molar-refractivity contribution in [1.82, 2.24) is 4.68 Å². The molecular weight excluding hydrogens is 160 g/mol. The minimum Gasteiger partial charge on any atom is -0.149 e. The van der Waals surface area contributed by atoms with Crippen molar-refractivity contribution in [2.45, 2.75) is 6.54 Å². The van der Waals surface area contributed by atoms with Gasteiger partial charge in [-0.25, -0.2) is 0 Å². The lowest BCUT2D eigenvalue weighted by atomic mass is 10.1. The predicted molar refractivity (Wildman–Crippen MR) is 50.1 cm³/mol. The number of rotatable bonds is 0. The van der Waals surface area contributed by atoms with Gasteiger partial charge in [0.2, 0.25) is 0 Å². The smallest absolute Gasteiger partial charge is 0.149 e. The zero-order valence-electron chi connectivity index (χ0n) is 7.57. The van der Waals surface area contributed by atoms with Crippen LogP contribution in [0.25, 0.3) is 11.3 Å². The van der Waals surface area contributed by atoms with Gasteiger partial charge in [0.1, 0.15) is 12.2 Å². The van der Waals surface area contributed by atoms with Gasteiger partial charge in [-0.05, 0) is 5.56 Å². The molecule has 13 heavy (non-hydrogen) atoms. The number of aryl methyl sites for hydroxylation is 1. The van der Waals surface area contributed by atoms with Crippen LogP contribution >= 0.6 is 0 Å². The molecule has 0 saturated heterocycles. The summed E-state index contributed by atoms with van der Waals surface area (Å²) in [4.78, 5) is 0. The zero-order valence-corrected chi connectivity index (χ0v) is 7.57. The molecule has 0 fully saturated rings. The second-order valence-corrected chi connectivity index (χ2v) is 3.49. The first-order valence-electron chi connectivity index (χ1n) is 4.50. The van der Waals surface area contributed by atoms with Crippen LogP contribution in [0.2, 0.25) is 0 Å². The number of benzene rings is 1. The summed E-state index contributed by atoms with van der Waals surface area (Å²) in [7, 11) is 2.08. The van der Waals surface area contributed by atoms with Crippen LogP contribution in [0.5, 0.6) is 0 Å². The lowest BCUT2D eigenvalue weighted by Gasteiger charge is -1.93. The van der Waals surface area contributed by atoms with Gasteiger partial charge in [0, 0.05) is 11.6 Å². The summed E-state index contributed by atoms with van der Waals surface area (Å²) < 4.78 is 4.42. The Morgan fingerprint density at radius 3 is 3.00 bits per heavy atom. The van der Waals surface area contributed by atoms with E-state index in [1.54, 1.807) is 0 Å². The van der Waals surface area contributed by atoms with Gasteiger partial charge in [0.15, 0.2) is 13.2 Å². The quantitative estimate of drug-likeness (QED) is 0.451. The summed E-state index contributed by atoms with van der Waals surface area (Å²) in [5.41, 5.74) is 4.13. The zero-order chi connectivity index (χ0) is 8.84. The number of aromatic nitrogens is 2. The highest BCUT2D eigenvalue weighted by atomic mass is 15.4. The summed E-state index contributed by atoms with van der Waals surface area (Å²) in [6.45, 7) is 1.01. The van der Waals surface area contributed by atoms with Crippen molar-refractivity contribution in [3.63, 3.8) is 0 Å². The summed E-state index contributed by atoms with van der Waals surface area (Å²) in [6.07, 6.45) is 2.10. The van der Waals surface area contributed by atoms with Gasteiger partial charge in [-0.1, -0.05) is 24.3 Å². The van der Waals surface area contributed by atoms with E-state index >= 15 is 0 Å². The average molecular weight is 171 g/mol. The van der Waals surface area contributed by atoms with Gasteiger partial charge in [0.05, 0.1) is 0 Å². The molecule has 0 bridgehead atoms. The van der Waals surface area contributed by atoms with Crippen molar-refractivity contribution in [2.24, 2.45) is 7.05 Å². The minimum absolute atomic E-state index is 1.01. The Kier molecular flexibility index (Phi) is 1.18. The highest BCUT2D eigenvalue weighted by Gasteiger charge is 2.22. The van der Waals surface area contributed by atoms with E-state index in [1.807, 2.05) is 0 Å². The maximum atomic E-state index is 2.28. The molecule has 0 radical (unpaired) electrons. The molecule has 2 heteroatoms. The highest BCUT2D eigenvalue weighted by Crippen LogP contribution is 2.29. The fourth-order valence-electron chi connectivity index (χ4n) is 2.01. The lowest BCUT2D eigenvalue weighted by Crippen LogP contribution is -2.37. The van der Waals surface area contributed by atoms with Crippen LogP contribution < -0.4 is 4.68 Å². The number of hydrogen-bond donors (Lipinski definition) is 0. The summed E-state index contributed by atoms with van der Waals surface area (Å²) in [5.74, 6) is 0. The maximum absolute atomic E-state index is 2.28. The second kappa shape index (κ2) is 2.22. The molecule has 2 heterocycles. The molecule has 0 aliphatic carbocycles. The first-order valence-corrected chi connectivity index (χ1v) is 4.50. The molecule has 64 valence electrons. The summed E-state index contributed by atoms with van der Waals surface area (Å²) >= 11 is 0. The number of hydrogen-bond acceptors (Lipinski definition) is 0. The van der Waals surface area contributed by atoms with Crippen molar-refractivity contribution < 1.29 is 4.68 Å². The van der Waals surface area contributed by atoms with E-state index in [1.165, 1.54) is 16.8 Å². The van der Waals surface area contributed by atoms with Crippen LogP contribution in [0.15, 0.2) is 36.5 Å². The molecule has 1 aromatic carbocycles. The van der Waals surface area contributed by atoms with Gasteiger partial charge < -0.3 is 0 Å². The molecule has 0 saturated carbocycles. The predicted octanol–water partition coefficient (Wildman–Crippen LogP) is 1.34. The van der Waals surface area contributed by atoms with Gasteiger partial charge in [-0.2, -0.15) is 0 Å². The molecular formula is C11H11N2+. The first-order chi connectivity index (χ1) is 6.36. The van der Waals surface area contributed by atoms with E-state index in [0.29, 0.717) is 0 Å². The number of nitrogens with zero attached hydrogens (tertiary/aromatic N) is 2.